The van der Waals surface area contributed by atoms with Crippen LogP contribution in [0.2, 0.25) is 5.02 Å². The zero-order chi connectivity index (χ0) is 20.4. The van der Waals surface area contributed by atoms with Crippen LogP contribution in [-0.2, 0) is 4.79 Å². The van der Waals surface area contributed by atoms with E-state index in [1.54, 1.807) is 35.9 Å². The predicted molar refractivity (Wildman–Crippen MR) is 115 cm³/mol. The smallest absolute Gasteiger partial charge is 0.262 e. The number of nitrogens with zero attached hydrogens (tertiary/aromatic N) is 3. The van der Waals surface area contributed by atoms with Gasteiger partial charge in [-0.2, -0.15) is 5.10 Å². The van der Waals surface area contributed by atoms with Gasteiger partial charge in [0.05, 0.1) is 17.1 Å². The highest BCUT2D eigenvalue weighted by Gasteiger charge is 2.18. The van der Waals surface area contributed by atoms with Crippen LogP contribution in [0.4, 0.5) is 5.69 Å². The molecule has 146 valence electrons. The Kier molecular flexibility index (Phi) is 5.37. The van der Waals surface area contributed by atoms with Gasteiger partial charge in [-0.25, -0.2) is 9.67 Å². The zero-order valence-electron chi connectivity index (χ0n) is 15.3. The number of aromatic nitrogens is 4. The van der Waals surface area contributed by atoms with Crippen LogP contribution >= 0.6 is 23.4 Å². The number of anilines is 1. The Morgan fingerprint density at radius 3 is 2.76 bits per heavy atom. The molecule has 7 nitrogen and oxygen atoms in total. The summed E-state index contributed by atoms with van der Waals surface area (Å²) in [5.41, 5.74) is 1.53. The molecule has 2 aromatic heterocycles. The minimum atomic E-state index is -0.498. The first-order valence-corrected chi connectivity index (χ1v) is 10.0. The molecular formula is C20H16ClN5O2S. The second kappa shape index (κ2) is 8.10. The maximum absolute atomic E-state index is 12.5. The summed E-state index contributed by atoms with van der Waals surface area (Å²) < 4.78 is 1.60. The number of fused-ring (bicyclic) bond motifs is 1. The lowest BCUT2D eigenvalue weighted by Gasteiger charge is -2.12. The lowest BCUT2D eigenvalue weighted by Crippen LogP contribution is -2.23. The number of nitrogens with one attached hydrogen (secondary N) is 2. The monoisotopic (exact) mass is 425 g/mol. The fourth-order valence-electron chi connectivity index (χ4n) is 2.74. The number of halogens is 1. The van der Waals surface area contributed by atoms with Gasteiger partial charge in [0, 0.05) is 10.7 Å². The summed E-state index contributed by atoms with van der Waals surface area (Å²) in [6, 6.07) is 16.3. The first-order chi connectivity index (χ1) is 14.0. The average molecular weight is 426 g/mol. The molecule has 4 rings (SSSR count). The molecule has 4 aromatic rings. The first-order valence-electron chi connectivity index (χ1n) is 8.78. The van der Waals surface area contributed by atoms with E-state index >= 15 is 0 Å². The molecule has 0 spiro atoms. The van der Waals surface area contributed by atoms with Crippen molar-refractivity contribution >= 4 is 46.0 Å². The minimum Gasteiger partial charge on any atom is -0.325 e. The van der Waals surface area contributed by atoms with Crippen LogP contribution in [0.5, 0.6) is 0 Å². The number of H-pyrrole nitrogens is 1. The van der Waals surface area contributed by atoms with Crippen LogP contribution in [0.3, 0.4) is 0 Å². The lowest BCUT2D eigenvalue weighted by atomic mass is 10.3. The highest BCUT2D eigenvalue weighted by Crippen LogP contribution is 2.23. The number of amides is 1. The molecule has 2 aromatic carbocycles. The van der Waals surface area contributed by atoms with Crippen molar-refractivity contribution in [2.45, 2.75) is 17.3 Å². The molecule has 2 heterocycles. The van der Waals surface area contributed by atoms with E-state index in [1.165, 1.54) is 6.20 Å². The van der Waals surface area contributed by atoms with Crippen molar-refractivity contribution < 1.29 is 4.79 Å². The predicted octanol–water partition coefficient (Wildman–Crippen LogP) is 3.88. The van der Waals surface area contributed by atoms with Crippen molar-refractivity contribution in [1.29, 1.82) is 0 Å². The SMILES string of the molecule is C[C@@H](Sc1nc2c(cnn2-c2ccccc2)c(=O)[nH]1)C(=O)Nc1cccc(Cl)c1. The van der Waals surface area contributed by atoms with Crippen molar-refractivity contribution in [3.63, 3.8) is 0 Å². The Morgan fingerprint density at radius 2 is 2.00 bits per heavy atom. The summed E-state index contributed by atoms with van der Waals surface area (Å²) in [5.74, 6) is -0.225. The molecule has 0 fully saturated rings. The molecule has 0 aliphatic rings. The maximum atomic E-state index is 12.5. The maximum Gasteiger partial charge on any atom is 0.262 e. The molecule has 2 N–H and O–H groups in total. The average Bonchev–Trinajstić information content (AvgIpc) is 3.13. The minimum absolute atomic E-state index is 0.225. The van der Waals surface area contributed by atoms with Gasteiger partial charge in [-0.3, -0.25) is 9.59 Å². The molecule has 9 heteroatoms. The van der Waals surface area contributed by atoms with Gasteiger partial charge in [0.25, 0.3) is 5.56 Å². The second-order valence-corrected chi connectivity index (χ2v) is 8.03. The number of carbonyl (C=O) groups excluding carboxylic acids is 1. The normalized spacial score (nSPS) is 12.1. The van der Waals surface area contributed by atoms with Crippen LogP contribution in [0.1, 0.15) is 6.92 Å². The summed E-state index contributed by atoms with van der Waals surface area (Å²) >= 11 is 7.11. The molecule has 0 radical (unpaired) electrons. The van der Waals surface area contributed by atoms with Crippen molar-refractivity contribution in [2.75, 3.05) is 5.32 Å². The Morgan fingerprint density at radius 1 is 1.21 bits per heavy atom. The highest BCUT2D eigenvalue weighted by atomic mass is 35.5. The van der Waals surface area contributed by atoms with Gasteiger partial charge in [0.1, 0.15) is 5.39 Å². The van der Waals surface area contributed by atoms with Gasteiger partial charge in [-0.05, 0) is 37.3 Å². The summed E-state index contributed by atoms with van der Waals surface area (Å²) in [6.07, 6.45) is 1.48. The summed E-state index contributed by atoms with van der Waals surface area (Å²) in [6.45, 7) is 1.74. The van der Waals surface area contributed by atoms with E-state index < -0.39 is 5.25 Å². The number of carbonyl (C=O) groups is 1. The number of para-hydroxylation sites is 1. The third-order valence-electron chi connectivity index (χ3n) is 4.17. The van der Waals surface area contributed by atoms with E-state index in [9.17, 15) is 9.59 Å². The van der Waals surface area contributed by atoms with E-state index in [-0.39, 0.29) is 11.5 Å². The van der Waals surface area contributed by atoms with E-state index in [1.807, 2.05) is 30.3 Å². The number of rotatable bonds is 5. The van der Waals surface area contributed by atoms with Gasteiger partial charge < -0.3 is 10.3 Å². The molecule has 0 unspecified atom stereocenters. The van der Waals surface area contributed by atoms with Crippen molar-refractivity contribution in [2.24, 2.45) is 0 Å². The first kappa shape index (κ1) is 19.2. The van der Waals surface area contributed by atoms with Crippen LogP contribution in [0.25, 0.3) is 16.7 Å². The van der Waals surface area contributed by atoms with E-state index in [0.29, 0.717) is 26.9 Å². The van der Waals surface area contributed by atoms with E-state index in [0.717, 1.165) is 17.4 Å². The Labute approximate surface area is 175 Å². The molecule has 0 saturated heterocycles. The summed E-state index contributed by atoms with van der Waals surface area (Å²) in [7, 11) is 0. The van der Waals surface area contributed by atoms with Crippen LogP contribution in [0.15, 0.2) is 70.7 Å². The molecule has 1 atom stereocenters. The van der Waals surface area contributed by atoms with Crippen LogP contribution in [-0.4, -0.2) is 30.9 Å². The number of benzene rings is 2. The summed E-state index contributed by atoms with van der Waals surface area (Å²) in [5, 5.41) is 7.85. The topological polar surface area (TPSA) is 92.7 Å². The molecule has 0 saturated carbocycles. The van der Waals surface area contributed by atoms with Gasteiger partial charge in [-0.15, -0.1) is 0 Å². The quantitative estimate of drug-likeness (QED) is 0.374. The van der Waals surface area contributed by atoms with Crippen molar-refractivity contribution in [3.8, 4) is 5.69 Å². The highest BCUT2D eigenvalue weighted by molar-refractivity contribution is 8.00. The molecule has 29 heavy (non-hydrogen) atoms. The molecule has 0 aliphatic carbocycles. The lowest BCUT2D eigenvalue weighted by molar-refractivity contribution is -0.115. The summed E-state index contributed by atoms with van der Waals surface area (Å²) in [4.78, 5) is 32.2. The Hall–Kier alpha value is -3.10. The molecule has 0 aliphatic heterocycles. The zero-order valence-corrected chi connectivity index (χ0v) is 16.9. The molecule has 0 bridgehead atoms. The van der Waals surface area contributed by atoms with E-state index in [4.69, 9.17) is 11.6 Å². The Bertz CT molecular complexity index is 1240. The van der Waals surface area contributed by atoms with Gasteiger partial charge >= 0.3 is 0 Å². The van der Waals surface area contributed by atoms with Crippen LogP contribution < -0.4 is 10.9 Å². The fraction of sp³-hybridized carbons (Fsp3) is 0.100. The number of hydrogen-bond acceptors (Lipinski definition) is 5. The molecular weight excluding hydrogens is 410 g/mol. The second-order valence-electron chi connectivity index (χ2n) is 6.26. The third-order valence-corrected chi connectivity index (χ3v) is 5.39. The van der Waals surface area contributed by atoms with Crippen molar-refractivity contribution in [3.05, 3.63) is 76.2 Å². The Balaban J connectivity index is 1.59. The third kappa shape index (κ3) is 4.18. The molecule has 1 amide bonds. The van der Waals surface area contributed by atoms with Gasteiger partial charge in [0.2, 0.25) is 5.91 Å². The number of aromatic amines is 1. The largest absolute Gasteiger partial charge is 0.325 e. The number of thioether (sulfide) groups is 1. The van der Waals surface area contributed by atoms with Gasteiger partial charge in [-0.1, -0.05) is 47.6 Å². The standard InChI is InChI=1S/C20H16ClN5O2S/c1-12(18(27)23-14-7-5-6-13(21)10-14)29-20-24-17-16(19(28)25-20)11-22-26(17)15-8-3-2-4-9-15/h2-12H,1H3,(H,23,27)(H,24,25,28)/t12-/m1/s1. The van der Waals surface area contributed by atoms with Crippen molar-refractivity contribution in [1.82, 2.24) is 19.7 Å². The van der Waals surface area contributed by atoms with E-state index in [2.05, 4.69) is 20.4 Å². The number of hydrogen-bond donors (Lipinski definition) is 2. The fourth-order valence-corrected chi connectivity index (χ4v) is 3.73. The van der Waals surface area contributed by atoms with Crippen LogP contribution in [0, 0.1) is 0 Å². The van der Waals surface area contributed by atoms with Gasteiger partial charge in [0.15, 0.2) is 10.8 Å².